The van der Waals surface area contributed by atoms with Gasteiger partial charge in [-0.05, 0) is 19.1 Å². The van der Waals surface area contributed by atoms with E-state index >= 15 is 0 Å². The van der Waals surface area contributed by atoms with Gasteiger partial charge >= 0.3 is 0 Å². The van der Waals surface area contributed by atoms with Gasteiger partial charge in [0.25, 0.3) is 0 Å². The van der Waals surface area contributed by atoms with Crippen molar-refractivity contribution in [3.05, 3.63) is 35.0 Å². The first-order valence-corrected chi connectivity index (χ1v) is 6.36. The molecule has 0 saturated carbocycles. The van der Waals surface area contributed by atoms with Crippen molar-refractivity contribution in [3.63, 3.8) is 0 Å². The average Bonchev–Trinajstić information content (AvgIpc) is 2.93. The van der Waals surface area contributed by atoms with Crippen LogP contribution in [0.1, 0.15) is 11.3 Å². The number of para-hydroxylation sites is 1. The number of aromatic nitrogens is 3. The van der Waals surface area contributed by atoms with E-state index in [-0.39, 0.29) is 0 Å². The standard InChI is InChI=1S/C13H10N4S/c1-8-12(18-7-15-8)13-16-11-9(6-14)4-3-5-10(11)17(13)2/h3-5,7H,1-2H3. The van der Waals surface area contributed by atoms with Crippen LogP contribution in [0.3, 0.4) is 0 Å². The number of hydrogen-bond acceptors (Lipinski definition) is 4. The van der Waals surface area contributed by atoms with Gasteiger partial charge in [-0.2, -0.15) is 5.26 Å². The van der Waals surface area contributed by atoms with Crippen molar-refractivity contribution in [2.24, 2.45) is 7.05 Å². The van der Waals surface area contributed by atoms with Gasteiger partial charge in [0.1, 0.15) is 11.6 Å². The van der Waals surface area contributed by atoms with Crippen LogP contribution in [0, 0.1) is 18.3 Å². The summed E-state index contributed by atoms with van der Waals surface area (Å²) in [6.45, 7) is 1.97. The van der Waals surface area contributed by atoms with Gasteiger partial charge < -0.3 is 4.57 Å². The van der Waals surface area contributed by atoms with Crippen LogP contribution in [0.15, 0.2) is 23.7 Å². The zero-order valence-electron chi connectivity index (χ0n) is 10.0. The highest BCUT2D eigenvalue weighted by Gasteiger charge is 2.15. The second-order valence-corrected chi connectivity index (χ2v) is 4.90. The lowest BCUT2D eigenvalue weighted by Crippen LogP contribution is -1.91. The van der Waals surface area contributed by atoms with Gasteiger partial charge in [0.05, 0.1) is 27.2 Å². The van der Waals surface area contributed by atoms with Gasteiger partial charge in [-0.3, -0.25) is 0 Å². The molecule has 0 spiro atoms. The van der Waals surface area contributed by atoms with Crippen LogP contribution in [0.25, 0.3) is 21.7 Å². The molecule has 2 heterocycles. The lowest BCUT2D eigenvalue weighted by atomic mass is 10.2. The SMILES string of the molecule is Cc1ncsc1-c1nc2c(C#N)cccc2n1C. The van der Waals surface area contributed by atoms with E-state index in [9.17, 15) is 0 Å². The molecule has 1 aromatic carbocycles. The number of nitriles is 1. The van der Waals surface area contributed by atoms with Gasteiger partial charge in [0.15, 0.2) is 5.82 Å². The van der Waals surface area contributed by atoms with Crippen molar-refractivity contribution in [2.45, 2.75) is 6.92 Å². The van der Waals surface area contributed by atoms with E-state index in [0.717, 1.165) is 27.4 Å². The van der Waals surface area contributed by atoms with E-state index in [2.05, 4.69) is 16.0 Å². The molecule has 0 fully saturated rings. The minimum atomic E-state index is 0.608. The summed E-state index contributed by atoms with van der Waals surface area (Å²) in [5.41, 5.74) is 5.12. The predicted octanol–water partition coefficient (Wildman–Crippen LogP) is 2.88. The van der Waals surface area contributed by atoms with Crippen LogP contribution < -0.4 is 0 Å². The second kappa shape index (κ2) is 3.93. The predicted molar refractivity (Wildman–Crippen MR) is 71.3 cm³/mol. The van der Waals surface area contributed by atoms with Gasteiger partial charge in [-0.25, -0.2) is 9.97 Å². The number of fused-ring (bicyclic) bond motifs is 1. The van der Waals surface area contributed by atoms with E-state index in [4.69, 9.17) is 5.26 Å². The number of imidazole rings is 1. The summed E-state index contributed by atoms with van der Waals surface area (Å²) in [4.78, 5) is 9.90. The van der Waals surface area contributed by atoms with E-state index in [1.54, 1.807) is 17.4 Å². The third-order valence-corrected chi connectivity index (χ3v) is 3.91. The lowest BCUT2D eigenvalue weighted by molar-refractivity contribution is 0.960. The Balaban J connectivity index is 2.37. The van der Waals surface area contributed by atoms with Crippen molar-refractivity contribution in [1.82, 2.24) is 14.5 Å². The van der Waals surface area contributed by atoms with E-state index < -0.39 is 0 Å². The maximum atomic E-state index is 9.11. The molecule has 0 aliphatic heterocycles. The van der Waals surface area contributed by atoms with E-state index in [1.807, 2.05) is 36.2 Å². The first-order chi connectivity index (χ1) is 8.72. The molecule has 88 valence electrons. The molecular weight excluding hydrogens is 244 g/mol. The van der Waals surface area contributed by atoms with Gasteiger partial charge in [0.2, 0.25) is 0 Å². The van der Waals surface area contributed by atoms with Crippen LogP contribution in [0.5, 0.6) is 0 Å². The Morgan fingerprint density at radius 2 is 2.22 bits per heavy atom. The molecule has 0 amide bonds. The summed E-state index contributed by atoms with van der Waals surface area (Å²) in [5.74, 6) is 0.868. The Morgan fingerprint density at radius 1 is 1.39 bits per heavy atom. The highest BCUT2D eigenvalue weighted by atomic mass is 32.1. The Hall–Kier alpha value is -2.19. The molecule has 4 nitrogen and oxygen atoms in total. The van der Waals surface area contributed by atoms with Crippen LogP contribution in [0.4, 0.5) is 0 Å². The molecule has 0 N–H and O–H groups in total. The number of hydrogen-bond donors (Lipinski definition) is 0. The molecule has 0 aliphatic carbocycles. The zero-order valence-corrected chi connectivity index (χ0v) is 10.8. The van der Waals surface area contributed by atoms with Crippen molar-refractivity contribution in [3.8, 4) is 16.8 Å². The highest BCUT2D eigenvalue weighted by Crippen LogP contribution is 2.29. The largest absolute Gasteiger partial charge is 0.326 e. The summed E-state index contributed by atoms with van der Waals surface area (Å²) in [6.07, 6.45) is 0. The number of rotatable bonds is 1. The minimum Gasteiger partial charge on any atom is -0.326 e. The molecule has 0 bridgehead atoms. The average molecular weight is 254 g/mol. The van der Waals surface area contributed by atoms with Gasteiger partial charge in [-0.15, -0.1) is 11.3 Å². The fourth-order valence-electron chi connectivity index (χ4n) is 2.02. The van der Waals surface area contributed by atoms with Crippen LogP contribution >= 0.6 is 11.3 Å². The maximum absolute atomic E-state index is 9.11. The minimum absolute atomic E-state index is 0.608. The molecule has 0 atom stereocenters. The quantitative estimate of drug-likeness (QED) is 0.671. The van der Waals surface area contributed by atoms with Crippen LogP contribution in [0.2, 0.25) is 0 Å². The summed E-state index contributed by atoms with van der Waals surface area (Å²) < 4.78 is 2.01. The molecule has 2 aromatic heterocycles. The van der Waals surface area contributed by atoms with Crippen molar-refractivity contribution in [1.29, 1.82) is 5.26 Å². The van der Waals surface area contributed by atoms with Crippen molar-refractivity contribution >= 4 is 22.4 Å². The Labute approximate surface area is 108 Å². The normalized spacial score (nSPS) is 10.7. The second-order valence-electron chi connectivity index (χ2n) is 4.05. The smallest absolute Gasteiger partial charge is 0.152 e. The van der Waals surface area contributed by atoms with Crippen molar-refractivity contribution in [2.75, 3.05) is 0 Å². The molecule has 18 heavy (non-hydrogen) atoms. The highest BCUT2D eigenvalue weighted by molar-refractivity contribution is 7.13. The van der Waals surface area contributed by atoms with Crippen LogP contribution in [-0.2, 0) is 7.05 Å². The third-order valence-electron chi connectivity index (χ3n) is 2.98. The molecule has 0 unspecified atom stereocenters. The van der Waals surface area contributed by atoms with Crippen LogP contribution in [-0.4, -0.2) is 14.5 Å². The van der Waals surface area contributed by atoms with Gasteiger partial charge in [-0.1, -0.05) is 6.07 Å². The first kappa shape index (κ1) is 10.9. The summed E-state index contributed by atoms with van der Waals surface area (Å²) in [5, 5.41) is 9.11. The summed E-state index contributed by atoms with van der Waals surface area (Å²) >= 11 is 1.57. The maximum Gasteiger partial charge on any atom is 0.152 e. The summed E-state index contributed by atoms with van der Waals surface area (Å²) in [6, 6.07) is 7.83. The third kappa shape index (κ3) is 1.43. The number of nitrogens with zero attached hydrogens (tertiary/aromatic N) is 4. The lowest BCUT2D eigenvalue weighted by Gasteiger charge is -1.99. The molecular formula is C13H10N4S. The Kier molecular flexibility index (Phi) is 2.39. The number of benzene rings is 1. The summed E-state index contributed by atoms with van der Waals surface area (Å²) in [7, 11) is 1.96. The monoisotopic (exact) mass is 254 g/mol. The molecule has 3 aromatic rings. The molecule has 0 aliphatic rings. The molecule has 0 saturated heterocycles. The topological polar surface area (TPSA) is 54.5 Å². The first-order valence-electron chi connectivity index (χ1n) is 5.48. The van der Waals surface area contributed by atoms with Gasteiger partial charge in [0, 0.05) is 7.05 Å². The fraction of sp³-hybridized carbons (Fsp3) is 0.154. The Morgan fingerprint density at radius 3 is 2.89 bits per heavy atom. The van der Waals surface area contributed by atoms with E-state index in [1.165, 1.54) is 0 Å². The number of thiazole rings is 1. The fourth-order valence-corrected chi connectivity index (χ4v) is 2.85. The molecule has 0 radical (unpaired) electrons. The van der Waals surface area contributed by atoms with E-state index in [0.29, 0.717) is 5.56 Å². The Bertz CT molecular complexity index is 776. The zero-order chi connectivity index (χ0) is 12.7. The molecule has 5 heteroatoms. The molecule has 3 rings (SSSR count). The van der Waals surface area contributed by atoms with Crippen molar-refractivity contribution < 1.29 is 0 Å². The number of aryl methyl sites for hydroxylation is 2.